The van der Waals surface area contributed by atoms with Crippen molar-refractivity contribution >= 4 is 5.91 Å². The summed E-state index contributed by atoms with van der Waals surface area (Å²) in [6.45, 7) is 5.57. The molecule has 8 heteroatoms. The molecule has 0 radical (unpaired) electrons. The van der Waals surface area contributed by atoms with Crippen LogP contribution in [0.25, 0.3) is 0 Å². The summed E-state index contributed by atoms with van der Waals surface area (Å²) in [5.41, 5.74) is 1.89. The van der Waals surface area contributed by atoms with Gasteiger partial charge in [-0.25, -0.2) is 4.79 Å². The lowest BCUT2D eigenvalue weighted by Crippen LogP contribution is -2.34. The standard InChI is InChI=1S/C21H27N3O5/c1-12-7-18(14-3-5-28-6-4-14)29-21(27)19(12)20(26)24-10-15(17(25)11-24)9-16-8-13(2)22-23-16/h7-8,14-15,17,25H,3-6,9-11H2,1-2H3,(H,22,23)/t15-,17+/m1/s1. The Labute approximate surface area is 168 Å². The molecule has 2 aliphatic rings. The number of amides is 1. The number of aryl methyl sites for hydroxylation is 2. The number of aromatic amines is 1. The van der Waals surface area contributed by atoms with Crippen LogP contribution in [0.2, 0.25) is 0 Å². The van der Waals surface area contributed by atoms with E-state index in [1.165, 1.54) is 0 Å². The topological polar surface area (TPSA) is 109 Å². The van der Waals surface area contributed by atoms with Crippen molar-refractivity contribution in [3.63, 3.8) is 0 Å². The molecule has 2 fully saturated rings. The van der Waals surface area contributed by atoms with E-state index in [-0.39, 0.29) is 29.9 Å². The Hall–Kier alpha value is -2.45. The number of carbonyl (C=O) groups is 1. The van der Waals surface area contributed by atoms with Gasteiger partial charge in [0.1, 0.15) is 11.3 Å². The van der Waals surface area contributed by atoms with Crippen LogP contribution in [0.15, 0.2) is 21.3 Å². The number of H-pyrrole nitrogens is 1. The highest BCUT2D eigenvalue weighted by Crippen LogP contribution is 2.28. The highest BCUT2D eigenvalue weighted by molar-refractivity contribution is 5.95. The molecule has 1 amide bonds. The van der Waals surface area contributed by atoms with E-state index in [4.69, 9.17) is 9.15 Å². The lowest BCUT2D eigenvalue weighted by Gasteiger charge is -2.22. The van der Waals surface area contributed by atoms with Gasteiger partial charge < -0.3 is 19.2 Å². The van der Waals surface area contributed by atoms with Crippen LogP contribution in [0, 0.1) is 19.8 Å². The van der Waals surface area contributed by atoms with Gasteiger partial charge in [0.2, 0.25) is 0 Å². The second-order valence-electron chi connectivity index (χ2n) is 8.16. The summed E-state index contributed by atoms with van der Waals surface area (Å²) < 4.78 is 10.9. The summed E-state index contributed by atoms with van der Waals surface area (Å²) in [5.74, 6) is 0.278. The number of nitrogens with one attached hydrogen (secondary N) is 1. The minimum absolute atomic E-state index is 0.0595. The van der Waals surface area contributed by atoms with Gasteiger partial charge in [-0.3, -0.25) is 9.89 Å². The maximum Gasteiger partial charge on any atom is 0.349 e. The molecule has 0 spiro atoms. The molecule has 4 rings (SSSR count). The second kappa shape index (κ2) is 8.12. The molecule has 0 bridgehead atoms. The number of rotatable bonds is 4. The lowest BCUT2D eigenvalue weighted by atomic mass is 9.95. The zero-order chi connectivity index (χ0) is 20.5. The van der Waals surface area contributed by atoms with Crippen molar-refractivity contribution in [2.75, 3.05) is 26.3 Å². The molecule has 2 aromatic heterocycles. The Morgan fingerprint density at radius 2 is 2.03 bits per heavy atom. The number of aliphatic hydroxyl groups is 1. The molecule has 2 aliphatic heterocycles. The summed E-state index contributed by atoms with van der Waals surface area (Å²) in [6, 6.07) is 3.74. The normalized spacial score (nSPS) is 22.9. The summed E-state index contributed by atoms with van der Waals surface area (Å²) in [6.07, 6.45) is 1.54. The third kappa shape index (κ3) is 4.13. The molecule has 2 N–H and O–H groups in total. The number of aliphatic hydroxyl groups excluding tert-OH is 1. The molecule has 0 aromatic carbocycles. The monoisotopic (exact) mass is 401 g/mol. The highest BCUT2D eigenvalue weighted by Gasteiger charge is 2.36. The van der Waals surface area contributed by atoms with E-state index in [2.05, 4.69) is 10.2 Å². The third-order valence-corrected chi connectivity index (χ3v) is 5.93. The average Bonchev–Trinajstić information content (AvgIpc) is 3.27. The van der Waals surface area contributed by atoms with Crippen molar-refractivity contribution in [2.45, 2.75) is 45.1 Å². The number of likely N-dealkylation sites (tertiary alicyclic amines) is 1. The van der Waals surface area contributed by atoms with Crippen molar-refractivity contribution in [1.29, 1.82) is 0 Å². The third-order valence-electron chi connectivity index (χ3n) is 5.93. The average molecular weight is 401 g/mol. The second-order valence-corrected chi connectivity index (χ2v) is 8.16. The van der Waals surface area contributed by atoms with E-state index in [0.717, 1.165) is 24.2 Å². The van der Waals surface area contributed by atoms with Crippen LogP contribution < -0.4 is 5.63 Å². The van der Waals surface area contributed by atoms with Gasteiger partial charge >= 0.3 is 5.63 Å². The van der Waals surface area contributed by atoms with E-state index in [9.17, 15) is 14.7 Å². The number of ether oxygens (including phenoxy) is 1. The van der Waals surface area contributed by atoms with E-state index in [0.29, 0.717) is 37.5 Å². The van der Waals surface area contributed by atoms with E-state index in [1.54, 1.807) is 17.9 Å². The van der Waals surface area contributed by atoms with Crippen LogP contribution >= 0.6 is 0 Å². The maximum absolute atomic E-state index is 13.0. The fourth-order valence-corrected chi connectivity index (χ4v) is 4.30. The molecule has 8 nitrogen and oxygen atoms in total. The minimum Gasteiger partial charge on any atom is -0.427 e. The summed E-state index contributed by atoms with van der Waals surface area (Å²) in [4.78, 5) is 27.2. The van der Waals surface area contributed by atoms with Crippen molar-refractivity contribution in [1.82, 2.24) is 15.1 Å². The number of hydrogen-bond donors (Lipinski definition) is 2. The van der Waals surface area contributed by atoms with Crippen LogP contribution in [-0.4, -0.2) is 58.5 Å². The van der Waals surface area contributed by atoms with E-state index in [1.807, 2.05) is 13.0 Å². The summed E-state index contributed by atoms with van der Waals surface area (Å²) in [7, 11) is 0. The maximum atomic E-state index is 13.0. The van der Waals surface area contributed by atoms with Gasteiger partial charge in [-0.05, 0) is 50.8 Å². The van der Waals surface area contributed by atoms with Crippen molar-refractivity contribution in [3.05, 3.63) is 50.8 Å². The Balaban J connectivity index is 1.49. The summed E-state index contributed by atoms with van der Waals surface area (Å²) >= 11 is 0. The molecule has 156 valence electrons. The summed E-state index contributed by atoms with van der Waals surface area (Å²) in [5, 5.41) is 17.5. The lowest BCUT2D eigenvalue weighted by molar-refractivity contribution is 0.0749. The van der Waals surface area contributed by atoms with Crippen molar-refractivity contribution in [3.8, 4) is 0 Å². The van der Waals surface area contributed by atoms with Gasteiger partial charge in [-0.1, -0.05) is 0 Å². The molecule has 2 saturated heterocycles. The molecule has 29 heavy (non-hydrogen) atoms. The number of β-amino-alcohol motifs (C(OH)–C–C–N with tert-alkyl or cyclic N) is 1. The van der Waals surface area contributed by atoms with Crippen LogP contribution in [0.3, 0.4) is 0 Å². The predicted octanol–water partition coefficient (Wildman–Crippen LogP) is 1.55. The van der Waals surface area contributed by atoms with Gasteiger partial charge in [0.25, 0.3) is 5.91 Å². The van der Waals surface area contributed by atoms with Crippen molar-refractivity contribution < 1.29 is 19.1 Å². The van der Waals surface area contributed by atoms with Crippen LogP contribution in [0.1, 0.15) is 51.8 Å². The molecule has 0 saturated carbocycles. The Morgan fingerprint density at radius 3 is 2.69 bits per heavy atom. The van der Waals surface area contributed by atoms with E-state index < -0.39 is 11.7 Å². The fraction of sp³-hybridized carbons (Fsp3) is 0.571. The van der Waals surface area contributed by atoms with E-state index >= 15 is 0 Å². The van der Waals surface area contributed by atoms with Crippen molar-refractivity contribution in [2.24, 2.45) is 5.92 Å². The van der Waals surface area contributed by atoms with Gasteiger partial charge in [-0.2, -0.15) is 5.10 Å². The highest BCUT2D eigenvalue weighted by atomic mass is 16.5. The number of carbonyl (C=O) groups excluding carboxylic acids is 1. The minimum atomic E-state index is -0.648. The molecule has 2 atom stereocenters. The largest absolute Gasteiger partial charge is 0.427 e. The zero-order valence-electron chi connectivity index (χ0n) is 16.8. The Kier molecular flexibility index (Phi) is 5.56. The number of hydrogen-bond acceptors (Lipinski definition) is 6. The number of aromatic nitrogens is 2. The van der Waals surface area contributed by atoms with Crippen LogP contribution in [-0.2, 0) is 11.2 Å². The first-order valence-electron chi connectivity index (χ1n) is 10.1. The molecule has 2 aromatic rings. The Bertz CT molecular complexity index is 944. The van der Waals surface area contributed by atoms with Gasteiger partial charge in [0.05, 0.1) is 11.8 Å². The SMILES string of the molecule is Cc1cc(C[C@@H]2CN(C(=O)c3c(C)cc(C4CCOCC4)oc3=O)C[C@@H]2O)n[nH]1. The molecule has 0 unspecified atom stereocenters. The number of nitrogens with zero attached hydrogens (tertiary/aromatic N) is 2. The van der Waals surface area contributed by atoms with Crippen LogP contribution in [0.4, 0.5) is 0 Å². The first-order chi connectivity index (χ1) is 13.9. The van der Waals surface area contributed by atoms with Gasteiger partial charge in [-0.15, -0.1) is 0 Å². The fourth-order valence-electron chi connectivity index (χ4n) is 4.30. The molecular weight excluding hydrogens is 374 g/mol. The van der Waals surface area contributed by atoms with Gasteiger partial charge in [0.15, 0.2) is 0 Å². The molecular formula is C21H27N3O5. The first kappa shape index (κ1) is 19.8. The van der Waals surface area contributed by atoms with Gasteiger partial charge in [0, 0.05) is 43.8 Å². The smallest absolute Gasteiger partial charge is 0.349 e. The first-order valence-corrected chi connectivity index (χ1v) is 10.1. The molecule has 0 aliphatic carbocycles. The molecule has 4 heterocycles. The predicted molar refractivity (Wildman–Crippen MR) is 105 cm³/mol. The quantitative estimate of drug-likeness (QED) is 0.805. The Morgan fingerprint density at radius 1 is 1.28 bits per heavy atom. The zero-order valence-corrected chi connectivity index (χ0v) is 16.8. The van der Waals surface area contributed by atoms with Crippen LogP contribution in [0.5, 0.6) is 0 Å².